The van der Waals surface area contributed by atoms with Gasteiger partial charge in [-0.25, -0.2) is 0 Å². The average molecular weight is 302 g/mol. The van der Waals surface area contributed by atoms with Crippen LogP contribution in [0, 0.1) is 5.41 Å². The van der Waals surface area contributed by atoms with Crippen molar-refractivity contribution in [2.75, 3.05) is 13.6 Å². The van der Waals surface area contributed by atoms with Crippen LogP contribution in [0.3, 0.4) is 0 Å². The Kier molecular flexibility index (Phi) is 5.39. The number of benzene rings is 1. The van der Waals surface area contributed by atoms with Crippen LogP contribution in [0.5, 0.6) is 0 Å². The fraction of sp³-hybridized carbons (Fsp3) is 0.533. The Labute approximate surface area is 122 Å². The highest BCUT2D eigenvalue weighted by molar-refractivity contribution is 5.81. The van der Waals surface area contributed by atoms with E-state index in [-0.39, 0.29) is 18.0 Å². The van der Waals surface area contributed by atoms with E-state index in [2.05, 4.69) is 10.6 Å². The number of carbonyl (C=O) groups excluding carboxylic acids is 1. The lowest BCUT2D eigenvalue weighted by Crippen LogP contribution is -2.42. The Balaban J connectivity index is 2.87. The summed E-state index contributed by atoms with van der Waals surface area (Å²) in [5, 5.41) is 5.55. The first-order valence-electron chi connectivity index (χ1n) is 6.71. The van der Waals surface area contributed by atoms with E-state index in [1.54, 1.807) is 26.8 Å². The van der Waals surface area contributed by atoms with Gasteiger partial charge in [0.15, 0.2) is 0 Å². The van der Waals surface area contributed by atoms with Crippen molar-refractivity contribution in [3.05, 3.63) is 35.4 Å². The summed E-state index contributed by atoms with van der Waals surface area (Å²) in [5.74, 6) is -0.161. The summed E-state index contributed by atoms with van der Waals surface area (Å²) in [6.45, 7) is 5.41. The quantitative estimate of drug-likeness (QED) is 0.877. The third kappa shape index (κ3) is 4.46. The average Bonchev–Trinajstić information content (AvgIpc) is 2.43. The van der Waals surface area contributed by atoms with Gasteiger partial charge in [-0.2, -0.15) is 13.2 Å². The molecule has 0 aliphatic carbocycles. The van der Waals surface area contributed by atoms with Gasteiger partial charge in [0.25, 0.3) is 0 Å². The minimum absolute atomic E-state index is 0.161. The molecule has 6 heteroatoms. The van der Waals surface area contributed by atoms with Gasteiger partial charge in [-0.15, -0.1) is 0 Å². The van der Waals surface area contributed by atoms with E-state index in [0.717, 1.165) is 6.07 Å². The molecule has 118 valence electrons. The lowest BCUT2D eigenvalue weighted by atomic mass is 9.91. The summed E-state index contributed by atoms with van der Waals surface area (Å²) in [5.41, 5.74) is -1.17. The molecule has 1 unspecified atom stereocenters. The van der Waals surface area contributed by atoms with Gasteiger partial charge in [0.2, 0.25) is 5.91 Å². The molecule has 0 aliphatic heterocycles. The zero-order valence-corrected chi connectivity index (χ0v) is 12.6. The van der Waals surface area contributed by atoms with Crippen molar-refractivity contribution in [3.63, 3.8) is 0 Å². The van der Waals surface area contributed by atoms with Crippen LogP contribution in [0.15, 0.2) is 24.3 Å². The second-order valence-electron chi connectivity index (χ2n) is 5.65. The van der Waals surface area contributed by atoms with Gasteiger partial charge in [-0.3, -0.25) is 4.79 Å². The molecule has 0 heterocycles. The van der Waals surface area contributed by atoms with E-state index in [4.69, 9.17) is 0 Å². The second-order valence-corrected chi connectivity index (χ2v) is 5.65. The van der Waals surface area contributed by atoms with Crippen molar-refractivity contribution in [1.29, 1.82) is 0 Å². The molecule has 0 spiro atoms. The van der Waals surface area contributed by atoms with Gasteiger partial charge in [-0.05, 0) is 32.4 Å². The van der Waals surface area contributed by atoms with Crippen LogP contribution in [0.1, 0.15) is 37.9 Å². The number of hydrogen-bond donors (Lipinski definition) is 2. The minimum atomic E-state index is -4.39. The smallest absolute Gasteiger partial charge is 0.359 e. The summed E-state index contributed by atoms with van der Waals surface area (Å²) in [4.78, 5) is 11.7. The molecule has 0 saturated heterocycles. The first kappa shape index (κ1) is 17.5. The Morgan fingerprint density at radius 3 is 2.33 bits per heavy atom. The zero-order valence-electron chi connectivity index (χ0n) is 12.6. The Bertz CT molecular complexity index is 498. The lowest BCUT2D eigenvalue weighted by molar-refractivity contribution is -0.138. The fourth-order valence-corrected chi connectivity index (χ4v) is 2.07. The van der Waals surface area contributed by atoms with Crippen molar-refractivity contribution in [1.82, 2.24) is 10.6 Å². The molecule has 1 rings (SSSR count). The molecule has 1 aromatic rings. The summed E-state index contributed by atoms with van der Waals surface area (Å²) in [6, 6.07) is 4.96. The third-order valence-corrected chi connectivity index (χ3v) is 3.42. The molecule has 21 heavy (non-hydrogen) atoms. The number of halogens is 3. The van der Waals surface area contributed by atoms with Crippen molar-refractivity contribution in [2.45, 2.75) is 33.0 Å². The fourth-order valence-electron chi connectivity index (χ4n) is 2.07. The van der Waals surface area contributed by atoms with E-state index in [0.29, 0.717) is 0 Å². The maximum absolute atomic E-state index is 13.0. The van der Waals surface area contributed by atoms with Gasteiger partial charge in [0, 0.05) is 19.6 Å². The normalized spacial score (nSPS) is 13.9. The number of amides is 1. The largest absolute Gasteiger partial charge is 0.416 e. The van der Waals surface area contributed by atoms with E-state index in [9.17, 15) is 18.0 Å². The number of rotatable bonds is 5. The number of hydrogen-bond acceptors (Lipinski definition) is 2. The van der Waals surface area contributed by atoms with Crippen molar-refractivity contribution in [3.8, 4) is 0 Å². The van der Waals surface area contributed by atoms with Gasteiger partial charge in [0.1, 0.15) is 0 Å². The molecule has 1 amide bonds. The molecule has 3 nitrogen and oxygen atoms in total. The number of carbonyl (C=O) groups is 1. The molecular weight excluding hydrogens is 281 g/mol. The van der Waals surface area contributed by atoms with Gasteiger partial charge < -0.3 is 10.6 Å². The van der Waals surface area contributed by atoms with Crippen molar-refractivity contribution >= 4 is 5.91 Å². The van der Waals surface area contributed by atoms with Crippen LogP contribution >= 0.6 is 0 Å². The maximum atomic E-state index is 13.0. The Hall–Kier alpha value is -1.56. The second kappa shape index (κ2) is 6.47. The van der Waals surface area contributed by atoms with E-state index < -0.39 is 23.2 Å². The third-order valence-electron chi connectivity index (χ3n) is 3.42. The van der Waals surface area contributed by atoms with E-state index in [1.165, 1.54) is 19.2 Å². The standard InChI is InChI=1S/C15H21F3N2O/c1-10(20-9-14(2,3)13(21)19-4)11-7-5-6-8-12(11)15(16,17)18/h5-8,10,20H,9H2,1-4H3,(H,19,21). The predicted molar refractivity (Wildman–Crippen MR) is 75.7 cm³/mol. The summed E-state index contributed by atoms with van der Waals surface area (Å²) >= 11 is 0. The molecule has 0 aliphatic rings. The predicted octanol–water partition coefficient (Wildman–Crippen LogP) is 3.13. The Morgan fingerprint density at radius 1 is 1.24 bits per heavy atom. The van der Waals surface area contributed by atoms with Gasteiger partial charge in [0.05, 0.1) is 11.0 Å². The van der Waals surface area contributed by atoms with E-state index in [1.807, 2.05) is 0 Å². The SMILES string of the molecule is CNC(=O)C(C)(C)CNC(C)c1ccccc1C(F)(F)F. The Morgan fingerprint density at radius 2 is 1.81 bits per heavy atom. The first-order valence-corrected chi connectivity index (χ1v) is 6.71. The van der Waals surface area contributed by atoms with E-state index >= 15 is 0 Å². The first-order chi connectivity index (χ1) is 9.59. The maximum Gasteiger partial charge on any atom is 0.416 e. The van der Waals surface area contributed by atoms with Crippen LogP contribution in [-0.4, -0.2) is 19.5 Å². The highest BCUT2D eigenvalue weighted by Gasteiger charge is 2.34. The summed E-state index contributed by atoms with van der Waals surface area (Å²) in [7, 11) is 1.53. The molecule has 0 fully saturated rings. The molecule has 0 radical (unpaired) electrons. The molecule has 0 bridgehead atoms. The summed E-state index contributed by atoms with van der Waals surface area (Å²) in [6.07, 6.45) is -4.39. The topological polar surface area (TPSA) is 41.1 Å². The number of nitrogens with one attached hydrogen (secondary N) is 2. The molecule has 1 atom stereocenters. The van der Waals surface area contributed by atoms with Crippen LogP contribution in [-0.2, 0) is 11.0 Å². The monoisotopic (exact) mass is 302 g/mol. The van der Waals surface area contributed by atoms with Crippen LogP contribution < -0.4 is 10.6 Å². The molecular formula is C15H21F3N2O. The van der Waals surface area contributed by atoms with Crippen LogP contribution in [0.25, 0.3) is 0 Å². The number of alkyl halides is 3. The minimum Gasteiger partial charge on any atom is -0.359 e. The van der Waals surface area contributed by atoms with Crippen molar-refractivity contribution in [2.24, 2.45) is 5.41 Å². The van der Waals surface area contributed by atoms with Gasteiger partial charge >= 0.3 is 6.18 Å². The summed E-state index contributed by atoms with van der Waals surface area (Å²) < 4.78 is 38.9. The van der Waals surface area contributed by atoms with Crippen LogP contribution in [0.2, 0.25) is 0 Å². The molecule has 1 aromatic carbocycles. The lowest BCUT2D eigenvalue weighted by Gasteiger charge is -2.26. The molecule has 2 N–H and O–H groups in total. The van der Waals surface area contributed by atoms with Crippen molar-refractivity contribution < 1.29 is 18.0 Å². The molecule has 0 saturated carbocycles. The highest BCUT2D eigenvalue weighted by Crippen LogP contribution is 2.34. The zero-order chi connectivity index (χ0) is 16.3. The highest BCUT2D eigenvalue weighted by atomic mass is 19.4. The van der Waals surface area contributed by atoms with Gasteiger partial charge in [-0.1, -0.05) is 18.2 Å². The molecule has 0 aromatic heterocycles. The van der Waals surface area contributed by atoms with Crippen LogP contribution in [0.4, 0.5) is 13.2 Å².